The van der Waals surface area contributed by atoms with Gasteiger partial charge in [0, 0.05) is 6.26 Å². The Morgan fingerprint density at radius 3 is 2.50 bits per heavy atom. The number of nitrogens with zero attached hydrogens (tertiary/aromatic N) is 2. The summed E-state index contributed by atoms with van der Waals surface area (Å²) in [5, 5.41) is 5.66. The van der Waals surface area contributed by atoms with E-state index < -0.39 is 30.6 Å². The predicted octanol–water partition coefficient (Wildman–Crippen LogP) is 0.148. The Morgan fingerprint density at radius 1 is 1.25 bits per heavy atom. The third-order valence-electron chi connectivity index (χ3n) is 2.27. The molecule has 0 amide bonds. The Labute approximate surface area is 114 Å². The summed E-state index contributed by atoms with van der Waals surface area (Å²) in [7, 11) is -7.98. The molecule has 0 spiro atoms. The number of hydrogen-bond donors (Lipinski definition) is 2. The number of anilines is 1. The number of halogens is 1. The molecule has 0 aliphatic carbocycles. The Kier molecular flexibility index (Phi) is 3.48. The molecule has 0 aliphatic heterocycles. The molecule has 108 valence electrons. The average molecular weight is 320 g/mol. The van der Waals surface area contributed by atoms with Crippen molar-refractivity contribution in [1.82, 2.24) is 15.2 Å². The smallest absolute Gasteiger partial charge is 0.247 e. The van der Waals surface area contributed by atoms with Gasteiger partial charge in [0.25, 0.3) is 10.0 Å². The Hall–Kier alpha value is -2.01. The molecule has 0 bridgehead atoms. The molecule has 8 nitrogen and oxygen atoms in total. The number of nitrogens with one attached hydrogen (secondary N) is 2. The predicted molar refractivity (Wildman–Crippen MR) is 66.7 cm³/mol. The molecule has 0 unspecified atom stereocenters. The summed E-state index contributed by atoms with van der Waals surface area (Å²) in [6.45, 7) is 0. The van der Waals surface area contributed by atoms with Crippen LogP contribution in [-0.2, 0) is 19.9 Å². The Morgan fingerprint density at radius 2 is 1.95 bits per heavy atom. The number of rotatable bonds is 4. The zero-order chi connectivity index (χ0) is 15.0. The summed E-state index contributed by atoms with van der Waals surface area (Å²) in [5.41, 5.74) is 0. The van der Waals surface area contributed by atoms with Gasteiger partial charge >= 0.3 is 0 Å². The Balaban J connectivity index is 2.51. The van der Waals surface area contributed by atoms with E-state index in [-0.39, 0.29) is 10.8 Å². The molecule has 1 aromatic carbocycles. The van der Waals surface area contributed by atoms with Gasteiger partial charge in [0.2, 0.25) is 5.95 Å². The van der Waals surface area contributed by atoms with E-state index in [1.165, 1.54) is 0 Å². The summed E-state index contributed by atoms with van der Waals surface area (Å²) in [6.07, 6.45) is 1.95. The quantitative estimate of drug-likeness (QED) is 0.773. The molecule has 0 saturated carbocycles. The number of H-pyrrole nitrogens is 1. The molecule has 0 atom stereocenters. The van der Waals surface area contributed by atoms with E-state index in [2.05, 4.69) is 15.2 Å². The van der Waals surface area contributed by atoms with Crippen LogP contribution in [0.25, 0.3) is 0 Å². The first-order chi connectivity index (χ1) is 9.20. The fraction of sp³-hybridized carbons (Fsp3) is 0.111. The monoisotopic (exact) mass is 320 g/mol. The second-order valence-electron chi connectivity index (χ2n) is 3.80. The average Bonchev–Trinajstić information content (AvgIpc) is 2.79. The number of sulfone groups is 1. The van der Waals surface area contributed by atoms with Gasteiger partial charge in [-0.05, 0) is 18.2 Å². The molecule has 2 rings (SSSR count). The van der Waals surface area contributed by atoms with E-state index in [0.717, 1.165) is 30.8 Å². The maximum absolute atomic E-state index is 13.6. The van der Waals surface area contributed by atoms with Gasteiger partial charge in [0.15, 0.2) is 9.84 Å². The van der Waals surface area contributed by atoms with Gasteiger partial charge in [0.1, 0.15) is 17.0 Å². The van der Waals surface area contributed by atoms with Crippen molar-refractivity contribution in [2.45, 2.75) is 9.79 Å². The van der Waals surface area contributed by atoms with E-state index in [1.807, 2.05) is 4.72 Å². The zero-order valence-corrected chi connectivity index (χ0v) is 11.7. The summed E-state index contributed by atoms with van der Waals surface area (Å²) in [5.74, 6) is -1.29. The van der Waals surface area contributed by atoms with Crippen molar-refractivity contribution in [3.63, 3.8) is 0 Å². The third-order valence-corrected chi connectivity index (χ3v) is 4.73. The number of aromatic nitrogens is 3. The lowest BCUT2D eigenvalue weighted by Crippen LogP contribution is -2.16. The van der Waals surface area contributed by atoms with Crippen molar-refractivity contribution < 1.29 is 21.2 Å². The van der Waals surface area contributed by atoms with Gasteiger partial charge in [0.05, 0.1) is 4.90 Å². The molecule has 0 aliphatic rings. The molecule has 2 N–H and O–H groups in total. The second-order valence-corrected chi connectivity index (χ2v) is 7.47. The van der Waals surface area contributed by atoms with Crippen molar-refractivity contribution in [3.05, 3.63) is 30.3 Å². The van der Waals surface area contributed by atoms with Crippen LogP contribution in [0.4, 0.5) is 10.3 Å². The third kappa shape index (κ3) is 2.93. The number of benzene rings is 1. The minimum Gasteiger partial charge on any atom is -0.247 e. The highest BCUT2D eigenvalue weighted by Gasteiger charge is 2.22. The van der Waals surface area contributed by atoms with Crippen molar-refractivity contribution in [3.8, 4) is 0 Å². The molecule has 0 saturated heterocycles. The lowest BCUT2D eigenvalue weighted by Gasteiger charge is -2.07. The summed E-state index contributed by atoms with van der Waals surface area (Å²) < 4.78 is 62.2. The fourth-order valence-electron chi connectivity index (χ4n) is 1.36. The van der Waals surface area contributed by atoms with Crippen LogP contribution in [0.5, 0.6) is 0 Å². The second kappa shape index (κ2) is 4.83. The molecule has 2 aromatic rings. The minimum absolute atomic E-state index is 0.214. The minimum atomic E-state index is -4.32. The van der Waals surface area contributed by atoms with Gasteiger partial charge in [-0.1, -0.05) is 0 Å². The van der Waals surface area contributed by atoms with Crippen LogP contribution in [-0.4, -0.2) is 38.3 Å². The van der Waals surface area contributed by atoms with E-state index in [4.69, 9.17) is 0 Å². The molecule has 0 radical (unpaired) electrons. The first-order valence-electron chi connectivity index (χ1n) is 5.08. The number of hydrogen-bond acceptors (Lipinski definition) is 6. The molecule has 0 fully saturated rings. The van der Waals surface area contributed by atoms with Gasteiger partial charge in [-0.2, -0.15) is 10.1 Å². The molecular weight excluding hydrogens is 311 g/mol. The summed E-state index contributed by atoms with van der Waals surface area (Å²) >= 11 is 0. The Bertz CT molecular complexity index is 831. The zero-order valence-electron chi connectivity index (χ0n) is 10.0. The summed E-state index contributed by atoms with van der Waals surface area (Å²) in [4.78, 5) is 2.43. The van der Waals surface area contributed by atoms with Crippen LogP contribution >= 0.6 is 0 Å². The molecule has 1 heterocycles. The fourth-order valence-corrected chi connectivity index (χ4v) is 3.15. The van der Waals surface area contributed by atoms with E-state index >= 15 is 0 Å². The van der Waals surface area contributed by atoms with Crippen molar-refractivity contribution in [1.29, 1.82) is 0 Å². The van der Waals surface area contributed by atoms with Gasteiger partial charge in [-0.25, -0.2) is 31.0 Å². The van der Waals surface area contributed by atoms with E-state index in [9.17, 15) is 21.2 Å². The van der Waals surface area contributed by atoms with E-state index in [0.29, 0.717) is 0 Å². The maximum atomic E-state index is 13.6. The van der Waals surface area contributed by atoms with Crippen LogP contribution in [0.3, 0.4) is 0 Å². The van der Waals surface area contributed by atoms with Crippen LogP contribution in [0.2, 0.25) is 0 Å². The maximum Gasteiger partial charge on any atom is 0.267 e. The van der Waals surface area contributed by atoms with Gasteiger partial charge < -0.3 is 0 Å². The van der Waals surface area contributed by atoms with Crippen LogP contribution < -0.4 is 4.72 Å². The van der Waals surface area contributed by atoms with Gasteiger partial charge in [-0.15, -0.1) is 0 Å². The largest absolute Gasteiger partial charge is 0.267 e. The van der Waals surface area contributed by atoms with Crippen LogP contribution in [0.15, 0.2) is 34.3 Å². The first-order valence-corrected chi connectivity index (χ1v) is 8.45. The molecular formula is C9H9FN4O4S2. The van der Waals surface area contributed by atoms with Crippen LogP contribution in [0, 0.1) is 5.82 Å². The number of sulfonamides is 1. The van der Waals surface area contributed by atoms with Crippen LogP contribution in [0.1, 0.15) is 0 Å². The molecule has 1 aromatic heterocycles. The van der Waals surface area contributed by atoms with Crippen molar-refractivity contribution >= 4 is 25.8 Å². The SMILES string of the molecule is CS(=O)(=O)c1ccc(F)c(S(=O)(=O)Nc2ncn[nH]2)c1. The molecule has 20 heavy (non-hydrogen) atoms. The van der Waals surface area contributed by atoms with E-state index in [1.54, 1.807) is 0 Å². The van der Waals surface area contributed by atoms with Crippen molar-refractivity contribution in [2.75, 3.05) is 11.0 Å². The standard InChI is InChI=1S/C9H9FN4O4S2/c1-19(15,16)6-2-3-7(10)8(4-6)20(17,18)14-9-11-5-12-13-9/h2-5H,1H3,(H2,11,12,13,14). The number of aromatic amines is 1. The molecule has 11 heteroatoms. The van der Waals surface area contributed by atoms with Crippen molar-refractivity contribution in [2.24, 2.45) is 0 Å². The highest BCUT2D eigenvalue weighted by atomic mass is 32.2. The van der Waals surface area contributed by atoms with Gasteiger partial charge in [-0.3, -0.25) is 0 Å². The first kappa shape index (κ1) is 14.4. The highest BCUT2D eigenvalue weighted by Crippen LogP contribution is 2.21. The summed E-state index contributed by atoms with van der Waals surface area (Å²) in [6, 6.07) is 2.49. The topological polar surface area (TPSA) is 122 Å². The lowest BCUT2D eigenvalue weighted by molar-refractivity contribution is 0.567. The highest BCUT2D eigenvalue weighted by molar-refractivity contribution is 7.93. The lowest BCUT2D eigenvalue weighted by atomic mass is 10.3. The normalized spacial score (nSPS) is 12.3.